The molecular weight excluding hydrogens is 390 g/mol. The molecule has 1 aliphatic heterocycles. The van der Waals surface area contributed by atoms with Crippen molar-refractivity contribution >= 4 is 5.91 Å². The fraction of sp³-hybridized carbons (Fsp3) is 0.500. The number of aliphatic hydroxyl groups is 1. The molecule has 1 saturated carbocycles. The molecule has 1 saturated heterocycles. The van der Waals surface area contributed by atoms with Crippen molar-refractivity contribution < 1.29 is 19.4 Å². The van der Waals surface area contributed by atoms with Gasteiger partial charge in [0, 0.05) is 30.1 Å². The summed E-state index contributed by atoms with van der Waals surface area (Å²) in [6, 6.07) is 15.5. The first-order valence-electron chi connectivity index (χ1n) is 11.2. The lowest BCUT2D eigenvalue weighted by Crippen LogP contribution is -2.48. The summed E-state index contributed by atoms with van der Waals surface area (Å²) in [6.07, 6.45) is 1.95. The van der Waals surface area contributed by atoms with E-state index in [1.807, 2.05) is 60.4 Å². The predicted octanol–water partition coefficient (Wildman–Crippen LogP) is 4.20. The molecule has 31 heavy (non-hydrogen) atoms. The van der Waals surface area contributed by atoms with Crippen LogP contribution in [0.5, 0.6) is 11.5 Å². The van der Waals surface area contributed by atoms with Crippen molar-refractivity contribution in [3.63, 3.8) is 0 Å². The summed E-state index contributed by atoms with van der Waals surface area (Å²) in [7, 11) is 3.28. The zero-order valence-corrected chi connectivity index (χ0v) is 18.9. The first-order valence-corrected chi connectivity index (χ1v) is 11.2. The van der Waals surface area contributed by atoms with Gasteiger partial charge < -0.3 is 19.5 Å². The van der Waals surface area contributed by atoms with Gasteiger partial charge >= 0.3 is 0 Å². The van der Waals surface area contributed by atoms with Crippen LogP contribution in [0.2, 0.25) is 0 Å². The maximum absolute atomic E-state index is 13.5. The zero-order valence-electron chi connectivity index (χ0n) is 18.9. The number of fused-ring (bicyclic) bond motifs is 1. The molecule has 2 aromatic rings. The van der Waals surface area contributed by atoms with Crippen molar-refractivity contribution in [2.24, 2.45) is 17.8 Å². The number of methoxy groups -OCH3 is 2. The van der Waals surface area contributed by atoms with E-state index in [1.54, 1.807) is 14.2 Å². The highest BCUT2D eigenvalue weighted by Crippen LogP contribution is 2.53. The molecule has 2 fully saturated rings. The first kappa shape index (κ1) is 21.7. The summed E-state index contributed by atoms with van der Waals surface area (Å²) >= 11 is 0. The van der Waals surface area contributed by atoms with Crippen LogP contribution in [-0.2, 0) is 10.4 Å². The number of nitrogens with zero attached hydrogens (tertiary/aromatic N) is 1. The lowest BCUT2D eigenvalue weighted by molar-refractivity contribution is -0.132. The van der Waals surface area contributed by atoms with Crippen LogP contribution in [0.15, 0.2) is 48.5 Å². The number of ether oxygens (including phenoxy) is 2. The summed E-state index contributed by atoms with van der Waals surface area (Å²) in [5, 5.41) is 12.1. The second-order valence-electron chi connectivity index (χ2n) is 9.08. The smallest absolute Gasteiger partial charge is 0.229 e. The fourth-order valence-corrected chi connectivity index (χ4v) is 5.76. The number of carbonyl (C=O) groups excluding carboxylic acids is 1. The molecule has 1 N–H and O–H groups in total. The van der Waals surface area contributed by atoms with Gasteiger partial charge in [-0.15, -0.1) is 0 Å². The average molecular weight is 424 g/mol. The highest BCUT2D eigenvalue weighted by atomic mass is 16.5. The van der Waals surface area contributed by atoms with E-state index in [0.29, 0.717) is 18.8 Å². The Labute approximate surface area is 185 Å². The minimum atomic E-state index is -1.02. The minimum Gasteiger partial charge on any atom is -0.496 e. The van der Waals surface area contributed by atoms with Gasteiger partial charge in [0.1, 0.15) is 17.1 Å². The van der Waals surface area contributed by atoms with E-state index in [4.69, 9.17) is 9.47 Å². The van der Waals surface area contributed by atoms with Crippen LogP contribution >= 0.6 is 0 Å². The summed E-state index contributed by atoms with van der Waals surface area (Å²) in [4.78, 5) is 15.4. The Bertz CT molecular complexity index is 945. The molecule has 2 aromatic carbocycles. The van der Waals surface area contributed by atoms with Gasteiger partial charge in [-0.2, -0.15) is 0 Å². The van der Waals surface area contributed by atoms with Gasteiger partial charge in [-0.05, 0) is 43.7 Å². The lowest BCUT2D eigenvalue weighted by Gasteiger charge is -2.46. The van der Waals surface area contributed by atoms with E-state index >= 15 is 0 Å². The molecule has 5 nitrogen and oxygen atoms in total. The van der Waals surface area contributed by atoms with E-state index in [-0.39, 0.29) is 29.6 Å². The van der Waals surface area contributed by atoms with Gasteiger partial charge in [-0.1, -0.05) is 43.3 Å². The van der Waals surface area contributed by atoms with E-state index in [2.05, 4.69) is 6.92 Å². The van der Waals surface area contributed by atoms with Crippen LogP contribution in [0.25, 0.3) is 0 Å². The van der Waals surface area contributed by atoms with Gasteiger partial charge in [0.05, 0.1) is 20.1 Å². The molecule has 4 rings (SSSR count). The Morgan fingerprint density at radius 3 is 2.39 bits per heavy atom. The number of likely N-dealkylation sites (tertiary alicyclic amines) is 1. The van der Waals surface area contributed by atoms with Crippen molar-refractivity contribution in [1.29, 1.82) is 0 Å². The standard InChI is InChI=1S/C26H33NO4/c1-17-13-14-19-15-27(25(28)18(2)20-9-5-7-11-23(20)30-3)16-22(19)26(17,29)21-10-6-8-12-24(21)31-4/h5-12,17-19,22,29H,13-16H2,1-4H3. The molecule has 1 heterocycles. The predicted molar refractivity (Wildman–Crippen MR) is 120 cm³/mol. The lowest BCUT2D eigenvalue weighted by atomic mass is 9.62. The van der Waals surface area contributed by atoms with Crippen molar-refractivity contribution in [1.82, 2.24) is 4.90 Å². The van der Waals surface area contributed by atoms with Crippen molar-refractivity contribution in [3.05, 3.63) is 59.7 Å². The second-order valence-corrected chi connectivity index (χ2v) is 9.08. The average Bonchev–Trinajstić information content (AvgIpc) is 3.26. The van der Waals surface area contributed by atoms with Crippen LogP contribution < -0.4 is 9.47 Å². The summed E-state index contributed by atoms with van der Waals surface area (Å²) < 4.78 is 11.1. The van der Waals surface area contributed by atoms with E-state index < -0.39 is 5.60 Å². The Morgan fingerprint density at radius 2 is 1.68 bits per heavy atom. The largest absolute Gasteiger partial charge is 0.496 e. The number of amides is 1. The van der Waals surface area contributed by atoms with E-state index in [1.165, 1.54) is 0 Å². The van der Waals surface area contributed by atoms with Gasteiger partial charge in [0.25, 0.3) is 0 Å². The van der Waals surface area contributed by atoms with Crippen LogP contribution in [0.3, 0.4) is 0 Å². The number of hydrogen-bond acceptors (Lipinski definition) is 4. The van der Waals surface area contributed by atoms with Crippen LogP contribution in [0.4, 0.5) is 0 Å². The van der Waals surface area contributed by atoms with Crippen LogP contribution in [-0.4, -0.2) is 43.2 Å². The highest BCUT2D eigenvalue weighted by molar-refractivity contribution is 5.84. The molecule has 5 heteroatoms. The molecule has 1 aliphatic carbocycles. The third kappa shape index (κ3) is 3.59. The quantitative estimate of drug-likeness (QED) is 0.783. The van der Waals surface area contributed by atoms with Crippen molar-refractivity contribution in [2.75, 3.05) is 27.3 Å². The minimum absolute atomic E-state index is 0.0126. The third-order valence-electron chi connectivity index (χ3n) is 7.55. The SMILES string of the molecule is COc1ccccc1C(C)C(=O)N1CC2CCC(C)C(O)(c3ccccc3OC)C2C1. The maximum atomic E-state index is 13.5. The Hall–Kier alpha value is -2.53. The number of hydrogen-bond donors (Lipinski definition) is 1. The molecule has 2 aliphatic rings. The number of rotatable bonds is 5. The number of benzene rings is 2. The molecule has 166 valence electrons. The third-order valence-corrected chi connectivity index (χ3v) is 7.55. The highest BCUT2D eigenvalue weighted by Gasteiger charge is 2.55. The molecule has 5 atom stereocenters. The Balaban J connectivity index is 1.63. The molecule has 0 aromatic heterocycles. The van der Waals surface area contributed by atoms with Gasteiger partial charge in [-0.25, -0.2) is 0 Å². The summed E-state index contributed by atoms with van der Waals surface area (Å²) in [5.41, 5.74) is 0.725. The van der Waals surface area contributed by atoms with Gasteiger partial charge in [0.15, 0.2) is 0 Å². The van der Waals surface area contributed by atoms with E-state index in [9.17, 15) is 9.90 Å². The van der Waals surface area contributed by atoms with Gasteiger partial charge in [0.2, 0.25) is 5.91 Å². The summed E-state index contributed by atoms with van der Waals surface area (Å²) in [5.74, 6) is 1.60. The van der Waals surface area contributed by atoms with Crippen molar-refractivity contribution in [3.8, 4) is 11.5 Å². The Kier molecular flexibility index (Phi) is 5.98. The molecular formula is C26H33NO4. The number of carbonyl (C=O) groups is 1. The number of para-hydroxylation sites is 2. The topological polar surface area (TPSA) is 59.0 Å². The Morgan fingerprint density at radius 1 is 1.03 bits per heavy atom. The first-order chi connectivity index (χ1) is 14.9. The van der Waals surface area contributed by atoms with Gasteiger partial charge in [-0.3, -0.25) is 4.79 Å². The normalized spacial score (nSPS) is 28.7. The summed E-state index contributed by atoms with van der Waals surface area (Å²) in [6.45, 7) is 5.30. The molecule has 0 radical (unpaired) electrons. The second kappa shape index (κ2) is 8.54. The van der Waals surface area contributed by atoms with Crippen LogP contribution in [0.1, 0.15) is 43.7 Å². The monoisotopic (exact) mass is 423 g/mol. The van der Waals surface area contributed by atoms with Crippen molar-refractivity contribution in [2.45, 2.75) is 38.2 Å². The fourth-order valence-electron chi connectivity index (χ4n) is 5.76. The maximum Gasteiger partial charge on any atom is 0.229 e. The molecule has 1 amide bonds. The van der Waals surface area contributed by atoms with E-state index in [0.717, 1.165) is 29.7 Å². The molecule has 5 unspecified atom stereocenters. The zero-order chi connectivity index (χ0) is 22.2. The molecule has 0 bridgehead atoms. The van der Waals surface area contributed by atoms with Crippen LogP contribution in [0, 0.1) is 17.8 Å². The molecule has 0 spiro atoms.